The van der Waals surface area contributed by atoms with Gasteiger partial charge < -0.3 is 18.3 Å². The molecule has 4 nitrogen and oxygen atoms in total. The summed E-state index contributed by atoms with van der Waals surface area (Å²) in [6.07, 6.45) is 0. The zero-order valence-electron chi connectivity index (χ0n) is 54.6. The van der Waals surface area contributed by atoms with E-state index in [4.69, 9.17) is 0 Å². The van der Waals surface area contributed by atoms with Crippen LogP contribution in [-0.2, 0) is 0 Å². The molecule has 0 aliphatic rings. The van der Waals surface area contributed by atoms with Crippen LogP contribution in [0.5, 0.6) is 0 Å². The lowest BCUT2D eigenvalue weighted by atomic mass is 9.93. The van der Waals surface area contributed by atoms with Crippen molar-refractivity contribution in [2.24, 2.45) is 0 Å². The maximum atomic E-state index is 2.45. The molecule has 0 atom stereocenters. The van der Waals surface area contributed by atoms with E-state index < -0.39 is 0 Å². The summed E-state index contributed by atoms with van der Waals surface area (Å²) in [6, 6.07) is 139. The molecule has 0 bridgehead atoms. The smallest absolute Gasteiger partial charge is 0.0547 e. The third kappa shape index (κ3) is 9.15. The average molecular weight is 1270 g/mol. The molecular weight excluding hydrogens is 1210 g/mol. The van der Waals surface area contributed by atoms with Crippen molar-refractivity contribution in [3.63, 3.8) is 0 Å². The Morgan fingerprint density at radius 3 is 0.730 bits per heavy atom. The Labute approximate surface area is 578 Å². The number of nitrogens with zero attached hydrogens (tertiary/aromatic N) is 4. The molecule has 0 spiro atoms. The Morgan fingerprint density at radius 1 is 0.130 bits per heavy atom. The number of fused-ring (bicyclic) bond motifs is 12. The zero-order chi connectivity index (χ0) is 65.8. The van der Waals surface area contributed by atoms with Crippen LogP contribution in [0.25, 0.3) is 188 Å². The minimum atomic E-state index is 1.13. The van der Waals surface area contributed by atoms with Crippen LogP contribution in [0.2, 0.25) is 0 Å². The summed E-state index contributed by atoms with van der Waals surface area (Å²) >= 11 is 0. The first kappa shape index (κ1) is 57.0. The lowest BCUT2D eigenvalue weighted by Crippen LogP contribution is -1.94. The van der Waals surface area contributed by atoms with Crippen LogP contribution in [0.3, 0.4) is 0 Å². The molecule has 0 aliphatic heterocycles. The molecule has 0 amide bonds. The van der Waals surface area contributed by atoms with Crippen LogP contribution in [0, 0.1) is 0 Å². The van der Waals surface area contributed by atoms with E-state index in [-0.39, 0.29) is 0 Å². The van der Waals surface area contributed by atoms with Gasteiger partial charge in [-0.2, -0.15) is 0 Å². The molecule has 0 N–H and O–H groups in total. The predicted octanol–water partition coefficient (Wildman–Crippen LogP) is 25.7. The average Bonchev–Trinajstić information content (AvgIpc) is 1.57. The largest absolute Gasteiger partial charge is 0.309 e. The Kier molecular flexibility index (Phi) is 13.2. The molecule has 0 saturated carbocycles. The highest BCUT2D eigenvalue weighted by Crippen LogP contribution is 2.48. The molecular formula is C96H62N4. The van der Waals surface area contributed by atoms with Crippen molar-refractivity contribution in [1.82, 2.24) is 18.3 Å². The van der Waals surface area contributed by atoms with E-state index >= 15 is 0 Å². The van der Waals surface area contributed by atoms with Crippen LogP contribution >= 0.6 is 0 Å². The van der Waals surface area contributed by atoms with Gasteiger partial charge in [0.2, 0.25) is 0 Å². The standard InChI is InChI=1S/C96H62N4/c1-6-23-63(24-7-1)69-27-18-34-76(59-69)100-85-40-17-16-35-81(85)93-77(36-19-41-89(93)100)78-37-20-42-90-94(78)83-61-71(54-57-87(83)98(90)74-30-12-4-13-31-74)67-49-45-65(46-50-67)66-47-51-68(52-48-66)72-55-58-88-84(62-72)96-80(39-22-44-92(96)99(88)75-32-14-5-15-33-75)79-38-21-43-91-95(79)82-60-70(64-25-8-2-9-26-64)53-56-86(82)97(91)73-28-10-3-11-29-73/h1-62H. The van der Waals surface area contributed by atoms with Crippen molar-refractivity contribution in [3.8, 4) is 101 Å². The predicted molar refractivity (Wildman–Crippen MR) is 422 cm³/mol. The Hall–Kier alpha value is -13.3. The first-order valence-corrected chi connectivity index (χ1v) is 34.5. The molecule has 0 unspecified atom stereocenters. The summed E-state index contributed by atoms with van der Waals surface area (Å²) in [5.74, 6) is 0. The van der Waals surface area contributed by atoms with Crippen LogP contribution in [0.4, 0.5) is 0 Å². The number of rotatable bonds is 11. The van der Waals surface area contributed by atoms with Crippen molar-refractivity contribution >= 4 is 87.2 Å². The van der Waals surface area contributed by atoms with Gasteiger partial charge in [0.15, 0.2) is 0 Å². The SMILES string of the molecule is c1ccc(-c2cccc(-n3c4ccccc4c4c(-c5cccc6c5c5cc(-c7ccc(-c8ccc(-c9ccc%10c(c9)c9c(-c%11cccc%12c%11c%11cc(-c%13ccccc%13)ccc%11n%12-c%11ccccc%11)cccc9n%10-c9ccccc9)cc8)cc7)ccc5n6-c5ccccc5)cccc43)c2)cc1. The van der Waals surface area contributed by atoms with E-state index in [1.807, 2.05) is 0 Å². The van der Waals surface area contributed by atoms with Gasteiger partial charge in [0.05, 0.1) is 44.1 Å². The second-order valence-electron chi connectivity index (χ2n) is 26.3. The van der Waals surface area contributed by atoms with Gasteiger partial charge in [-0.3, -0.25) is 0 Å². The van der Waals surface area contributed by atoms with E-state index in [0.29, 0.717) is 0 Å². The van der Waals surface area contributed by atoms with Crippen molar-refractivity contribution in [3.05, 3.63) is 376 Å². The fourth-order valence-electron chi connectivity index (χ4n) is 16.3. The van der Waals surface area contributed by atoms with Gasteiger partial charge in [0.1, 0.15) is 0 Å². The van der Waals surface area contributed by atoms with Gasteiger partial charge in [-0.1, -0.05) is 261 Å². The maximum absolute atomic E-state index is 2.45. The second-order valence-corrected chi connectivity index (χ2v) is 26.3. The fraction of sp³-hybridized carbons (Fsp3) is 0. The number of hydrogen-bond donors (Lipinski definition) is 0. The van der Waals surface area contributed by atoms with Gasteiger partial charge in [-0.05, 0) is 193 Å². The molecule has 100 heavy (non-hydrogen) atoms. The van der Waals surface area contributed by atoms with Crippen molar-refractivity contribution in [2.75, 3.05) is 0 Å². The molecule has 466 valence electrons. The zero-order valence-corrected chi connectivity index (χ0v) is 54.6. The second kappa shape index (κ2) is 23.2. The maximum Gasteiger partial charge on any atom is 0.0547 e. The van der Waals surface area contributed by atoms with Crippen molar-refractivity contribution in [1.29, 1.82) is 0 Å². The van der Waals surface area contributed by atoms with Crippen molar-refractivity contribution in [2.45, 2.75) is 0 Å². The number of hydrogen-bond acceptors (Lipinski definition) is 0. The number of aromatic nitrogens is 4. The first-order valence-electron chi connectivity index (χ1n) is 34.5. The molecule has 20 rings (SSSR count). The topological polar surface area (TPSA) is 19.7 Å². The monoisotopic (exact) mass is 1270 g/mol. The van der Waals surface area contributed by atoms with Gasteiger partial charge >= 0.3 is 0 Å². The summed E-state index contributed by atoms with van der Waals surface area (Å²) < 4.78 is 9.77. The molecule has 4 aromatic heterocycles. The summed E-state index contributed by atoms with van der Waals surface area (Å²) in [7, 11) is 0. The minimum absolute atomic E-state index is 1.13. The van der Waals surface area contributed by atoms with E-state index in [1.54, 1.807) is 0 Å². The van der Waals surface area contributed by atoms with Gasteiger partial charge in [-0.25, -0.2) is 0 Å². The summed E-state index contributed by atoms with van der Waals surface area (Å²) in [5.41, 5.74) is 30.6. The van der Waals surface area contributed by atoms with E-state index in [0.717, 1.165) is 22.7 Å². The van der Waals surface area contributed by atoms with Crippen LogP contribution in [-0.4, -0.2) is 18.3 Å². The van der Waals surface area contributed by atoms with E-state index in [9.17, 15) is 0 Å². The highest BCUT2D eigenvalue weighted by atomic mass is 15.0. The Balaban J connectivity index is 0.679. The summed E-state index contributed by atoms with van der Waals surface area (Å²) in [5, 5.41) is 9.81. The molecule has 0 aliphatic carbocycles. The van der Waals surface area contributed by atoms with Crippen molar-refractivity contribution < 1.29 is 0 Å². The quantitative estimate of drug-likeness (QED) is 0.123. The van der Waals surface area contributed by atoms with Crippen LogP contribution in [0.1, 0.15) is 0 Å². The Bertz CT molecular complexity index is 6580. The molecule has 16 aromatic carbocycles. The molecule has 4 heterocycles. The molecule has 0 radical (unpaired) electrons. The normalized spacial score (nSPS) is 11.8. The van der Waals surface area contributed by atoms with E-state index in [2.05, 4.69) is 394 Å². The lowest BCUT2D eigenvalue weighted by Gasteiger charge is -2.12. The number of para-hydroxylation sites is 4. The van der Waals surface area contributed by atoms with Crippen LogP contribution < -0.4 is 0 Å². The number of benzene rings is 16. The third-order valence-electron chi connectivity index (χ3n) is 20.8. The van der Waals surface area contributed by atoms with Crippen LogP contribution in [0.15, 0.2) is 376 Å². The van der Waals surface area contributed by atoms with Gasteiger partial charge in [0.25, 0.3) is 0 Å². The summed E-state index contributed by atoms with van der Waals surface area (Å²) in [4.78, 5) is 0. The Morgan fingerprint density at radius 2 is 0.360 bits per heavy atom. The van der Waals surface area contributed by atoms with Gasteiger partial charge in [-0.15, -0.1) is 0 Å². The highest BCUT2D eigenvalue weighted by molar-refractivity contribution is 6.25. The lowest BCUT2D eigenvalue weighted by molar-refractivity contribution is 1.18. The molecule has 0 fully saturated rings. The first-order chi connectivity index (χ1) is 49.6. The fourth-order valence-corrected chi connectivity index (χ4v) is 16.3. The van der Waals surface area contributed by atoms with Gasteiger partial charge in [0, 0.05) is 65.8 Å². The molecule has 0 saturated heterocycles. The molecule has 20 aromatic rings. The van der Waals surface area contributed by atoms with E-state index in [1.165, 1.54) is 165 Å². The molecule has 4 heteroatoms. The summed E-state index contributed by atoms with van der Waals surface area (Å²) in [6.45, 7) is 0. The third-order valence-corrected chi connectivity index (χ3v) is 20.8. The highest BCUT2D eigenvalue weighted by Gasteiger charge is 2.25. The minimum Gasteiger partial charge on any atom is -0.309 e.